The molecule has 5 nitrogen and oxygen atoms in total. The Hall–Kier alpha value is -2.14. The van der Waals surface area contributed by atoms with Crippen LogP contribution >= 0.6 is 11.6 Å². The van der Waals surface area contributed by atoms with Gasteiger partial charge >= 0.3 is 0 Å². The molecular formula is C19H22ClN3O2. The van der Waals surface area contributed by atoms with Gasteiger partial charge in [0.25, 0.3) is 5.91 Å². The average Bonchev–Trinajstić information content (AvgIpc) is 2.58. The van der Waals surface area contributed by atoms with E-state index in [2.05, 4.69) is 17.3 Å². The highest BCUT2D eigenvalue weighted by Crippen LogP contribution is 2.23. The van der Waals surface area contributed by atoms with Crippen molar-refractivity contribution in [3.8, 4) is 5.69 Å². The number of rotatable bonds is 3. The van der Waals surface area contributed by atoms with E-state index in [4.69, 9.17) is 11.6 Å². The normalized spacial score (nSPS) is 20.3. The molecule has 1 heterocycles. The smallest absolute Gasteiger partial charge is 0.276 e. The van der Waals surface area contributed by atoms with Crippen LogP contribution < -0.4 is 10.7 Å². The van der Waals surface area contributed by atoms with Gasteiger partial charge in [-0.15, -0.1) is 0 Å². The van der Waals surface area contributed by atoms with Gasteiger partial charge in [-0.3, -0.25) is 9.59 Å². The number of hydrogen-bond acceptors (Lipinski definition) is 3. The summed E-state index contributed by atoms with van der Waals surface area (Å²) in [5, 5.41) is 7.89. The summed E-state index contributed by atoms with van der Waals surface area (Å²) in [5.74, 6) is 0.306. The Bertz CT molecular complexity index is 822. The van der Waals surface area contributed by atoms with E-state index in [0.717, 1.165) is 31.4 Å². The largest absolute Gasteiger partial charge is 0.348 e. The van der Waals surface area contributed by atoms with Crippen molar-refractivity contribution in [2.75, 3.05) is 0 Å². The zero-order valence-corrected chi connectivity index (χ0v) is 15.2. The second-order valence-electron chi connectivity index (χ2n) is 6.82. The van der Waals surface area contributed by atoms with Crippen molar-refractivity contribution in [1.82, 2.24) is 15.1 Å². The van der Waals surface area contributed by atoms with Gasteiger partial charge in [-0.05, 0) is 62.8 Å². The molecule has 0 aliphatic heterocycles. The van der Waals surface area contributed by atoms with E-state index in [0.29, 0.717) is 16.6 Å². The number of carbonyl (C=O) groups excluding carboxylic acids is 1. The van der Waals surface area contributed by atoms with Gasteiger partial charge in [-0.1, -0.05) is 18.5 Å². The third-order valence-electron chi connectivity index (χ3n) is 4.74. The highest BCUT2D eigenvalue weighted by molar-refractivity contribution is 6.30. The number of carbonyl (C=O) groups is 1. The number of halogens is 1. The van der Waals surface area contributed by atoms with E-state index in [9.17, 15) is 9.59 Å². The van der Waals surface area contributed by atoms with Crippen LogP contribution in [0.1, 0.15) is 48.8 Å². The predicted molar refractivity (Wildman–Crippen MR) is 98.5 cm³/mol. The summed E-state index contributed by atoms with van der Waals surface area (Å²) in [5.41, 5.74) is 0.987. The van der Waals surface area contributed by atoms with E-state index in [-0.39, 0.29) is 17.2 Å². The molecule has 0 spiro atoms. The standard InChI is InChI=1S/C19H22ClN3O2/c1-12-3-7-15(8-4-12)21-19(25)18-17(24)11-13(2)23(22-18)16-9-5-14(20)6-10-16/h5-6,9-12,15H,3-4,7-8H2,1-2H3,(H,21,25). The molecule has 1 fully saturated rings. The molecule has 2 aromatic rings. The molecule has 1 saturated carbocycles. The van der Waals surface area contributed by atoms with Crippen molar-refractivity contribution >= 4 is 17.5 Å². The average molecular weight is 360 g/mol. The summed E-state index contributed by atoms with van der Waals surface area (Å²) in [7, 11) is 0. The molecule has 1 aromatic carbocycles. The minimum Gasteiger partial charge on any atom is -0.348 e. The molecule has 1 aliphatic carbocycles. The lowest BCUT2D eigenvalue weighted by molar-refractivity contribution is 0.0915. The molecular weight excluding hydrogens is 338 g/mol. The lowest BCUT2D eigenvalue weighted by Gasteiger charge is -2.26. The van der Waals surface area contributed by atoms with Gasteiger partial charge in [-0.25, -0.2) is 4.68 Å². The van der Waals surface area contributed by atoms with E-state index in [1.165, 1.54) is 6.07 Å². The first-order valence-corrected chi connectivity index (χ1v) is 8.99. The Morgan fingerprint density at radius 1 is 1.20 bits per heavy atom. The minimum absolute atomic E-state index is 0.0702. The first kappa shape index (κ1) is 17.7. The van der Waals surface area contributed by atoms with Gasteiger partial charge in [-0.2, -0.15) is 5.10 Å². The van der Waals surface area contributed by atoms with Crippen molar-refractivity contribution in [3.63, 3.8) is 0 Å². The van der Waals surface area contributed by atoms with Gasteiger partial charge in [0.2, 0.25) is 5.43 Å². The molecule has 1 aromatic heterocycles. The topological polar surface area (TPSA) is 64.0 Å². The van der Waals surface area contributed by atoms with Gasteiger partial charge in [0.15, 0.2) is 5.69 Å². The fourth-order valence-corrected chi connectivity index (χ4v) is 3.33. The molecule has 1 amide bonds. The van der Waals surface area contributed by atoms with Crippen LogP contribution in [0, 0.1) is 12.8 Å². The van der Waals surface area contributed by atoms with Crippen LogP contribution in [0.3, 0.4) is 0 Å². The first-order chi connectivity index (χ1) is 11.9. The molecule has 0 bridgehead atoms. The molecule has 0 unspecified atom stereocenters. The minimum atomic E-state index is -0.396. The maximum absolute atomic E-state index is 12.6. The second kappa shape index (κ2) is 7.40. The summed E-state index contributed by atoms with van der Waals surface area (Å²) >= 11 is 5.92. The van der Waals surface area contributed by atoms with Crippen LogP contribution in [0.15, 0.2) is 35.1 Å². The van der Waals surface area contributed by atoms with Crippen molar-refractivity contribution in [2.24, 2.45) is 5.92 Å². The number of nitrogens with one attached hydrogen (secondary N) is 1. The maximum atomic E-state index is 12.6. The highest BCUT2D eigenvalue weighted by Gasteiger charge is 2.22. The van der Waals surface area contributed by atoms with Crippen LogP contribution in [0.4, 0.5) is 0 Å². The van der Waals surface area contributed by atoms with E-state index in [1.54, 1.807) is 35.9 Å². The van der Waals surface area contributed by atoms with E-state index < -0.39 is 5.91 Å². The number of benzene rings is 1. The fraction of sp³-hybridized carbons (Fsp3) is 0.421. The Balaban J connectivity index is 1.86. The molecule has 1 N–H and O–H groups in total. The van der Waals surface area contributed by atoms with Crippen molar-refractivity contribution in [2.45, 2.75) is 45.6 Å². The molecule has 0 saturated heterocycles. The lowest BCUT2D eigenvalue weighted by Crippen LogP contribution is -2.40. The van der Waals surface area contributed by atoms with Gasteiger partial charge in [0.05, 0.1) is 5.69 Å². The summed E-state index contributed by atoms with van der Waals surface area (Å²) in [6.07, 6.45) is 4.09. The third-order valence-corrected chi connectivity index (χ3v) is 5.00. The van der Waals surface area contributed by atoms with Crippen molar-refractivity contribution in [1.29, 1.82) is 0 Å². The second-order valence-corrected chi connectivity index (χ2v) is 7.25. The zero-order valence-electron chi connectivity index (χ0n) is 14.5. The maximum Gasteiger partial charge on any atom is 0.276 e. The van der Waals surface area contributed by atoms with Crippen LogP contribution in [-0.2, 0) is 0 Å². The van der Waals surface area contributed by atoms with Gasteiger partial charge in [0.1, 0.15) is 0 Å². The molecule has 1 aliphatic rings. The van der Waals surface area contributed by atoms with Crippen LogP contribution in [0.2, 0.25) is 5.02 Å². The van der Waals surface area contributed by atoms with Crippen LogP contribution in [-0.4, -0.2) is 21.7 Å². The molecule has 0 radical (unpaired) electrons. The quantitative estimate of drug-likeness (QED) is 0.912. The summed E-state index contributed by atoms with van der Waals surface area (Å²) in [4.78, 5) is 24.8. The molecule has 6 heteroatoms. The van der Waals surface area contributed by atoms with Gasteiger partial charge < -0.3 is 5.32 Å². The fourth-order valence-electron chi connectivity index (χ4n) is 3.21. The van der Waals surface area contributed by atoms with Crippen LogP contribution in [0.5, 0.6) is 0 Å². The summed E-state index contributed by atoms with van der Waals surface area (Å²) < 4.78 is 1.59. The number of hydrogen-bond donors (Lipinski definition) is 1. The Morgan fingerprint density at radius 3 is 2.48 bits per heavy atom. The van der Waals surface area contributed by atoms with Crippen molar-refractivity contribution in [3.05, 3.63) is 57.0 Å². The first-order valence-electron chi connectivity index (χ1n) is 8.62. The SMILES string of the molecule is Cc1cc(=O)c(C(=O)NC2CCC(C)CC2)nn1-c1ccc(Cl)cc1. The lowest BCUT2D eigenvalue weighted by atomic mass is 9.87. The van der Waals surface area contributed by atoms with Gasteiger partial charge in [0, 0.05) is 22.8 Å². The van der Waals surface area contributed by atoms with E-state index >= 15 is 0 Å². The molecule has 3 rings (SSSR count). The monoisotopic (exact) mass is 359 g/mol. The molecule has 25 heavy (non-hydrogen) atoms. The number of aryl methyl sites for hydroxylation is 1. The third kappa shape index (κ3) is 4.10. The van der Waals surface area contributed by atoms with Crippen LogP contribution in [0.25, 0.3) is 5.69 Å². The number of nitrogens with zero attached hydrogens (tertiary/aromatic N) is 2. The summed E-state index contributed by atoms with van der Waals surface area (Å²) in [6, 6.07) is 8.67. The molecule has 0 atom stereocenters. The Morgan fingerprint density at radius 2 is 1.84 bits per heavy atom. The Labute approximate surface area is 152 Å². The Kier molecular flexibility index (Phi) is 5.23. The predicted octanol–water partition coefficient (Wildman–Crippen LogP) is 3.50. The number of aromatic nitrogens is 2. The highest BCUT2D eigenvalue weighted by atomic mass is 35.5. The molecule has 132 valence electrons. The summed E-state index contributed by atoms with van der Waals surface area (Å²) in [6.45, 7) is 4.01. The number of amides is 1. The zero-order chi connectivity index (χ0) is 18.0. The van der Waals surface area contributed by atoms with E-state index in [1.807, 2.05) is 0 Å². The van der Waals surface area contributed by atoms with Crippen molar-refractivity contribution < 1.29 is 4.79 Å².